The van der Waals surface area contributed by atoms with Crippen LogP contribution < -0.4 is 10.9 Å². The normalized spacial score (nSPS) is 16.3. The number of thiophene rings is 1. The molecule has 0 spiro atoms. The lowest BCUT2D eigenvalue weighted by Crippen LogP contribution is -2.44. The third-order valence-electron chi connectivity index (χ3n) is 4.76. The van der Waals surface area contributed by atoms with Gasteiger partial charge in [0.2, 0.25) is 0 Å². The van der Waals surface area contributed by atoms with Crippen LogP contribution in [0, 0.1) is 0 Å². The largest absolute Gasteiger partial charge is 0.422 e. The molecule has 6 nitrogen and oxygen atoms in total. The number of carbonyl (C=O) groups is 1. The van der Waals surface area contributed by atoms with Crippen LogP contribution in [0.4, 0.5) is 0 Å². The first kappa shape index (κ1) is 17.9. The van der Waals surface area contributed by atoms with Crippen molar-refractivity contribution in [2.24, 2.45) is 0 Å². The number of benzene rings is 1. The summed E-state index contributed by atoms with van der Waals surface area (Å²) in [5, 5.41) is 7.76. The van der Waals surface area contributed by atoms with Crippen molar-refractivity contribution >= 4 is 28.2 Å². The van der Waals surface area contributed by atoms with E-state index in [2.05, 4.69) is 21.7 Å². The lowest BCUT2D eigenvalue weighted by atomic mass is 10.1. The standard InChI is InChI=1S/C20H20N2O4S/c23-19(16-11-14-3-1-2-4-18(14)26-20(16)24)21-12-17(15-5-10-27-13-15)22-6-8-25-9-7-22/h1-5,10-11,13,17H,6-9,12H2,(H,21,23)/t17-/m0/s1. The topological polar surface area (TPSA) is 71.8 Å². The average molecular weight is 384 g/mol. The molecular weight excluding hydrogens is 364 g/mol. The van der Waals surface area contributed by atoms with Gasteiger partial charge in [0.1, 0.15) is 11.1 Å². The van der Waals surface area contributed by atoms with E-state index in [0.29, 0.717) is 25.3 Å². The molecule has 1 atom stereocenters. The van der Waals surface area contributed by atoms with Crippen LogP contribution in [0.1, 0.15) is 22.0 Å². The fraction of sp³-hybridized carbons (Fsp3) is 0.300. The molecule has 1 saturated heterocycles. The molecule has 3 heterocycles. The van der Waals surface area contributed by atoms with Gasteiger partial charge < -0.3 is 14.5 Å². The number of nitrogens with zero attached hydrogens (tertiary/aromatic N) is 1. The maximum Gasteiger partial charge on any atom is 0.349 e. The van der Waals surface area contributed by atoms with E-state index in [0.717, 1.165) is 24.0 Å². The molecule has 0 saturated carbocycles. The number of amides is 1. The molecular formula is C20H20N2O4S. The van der Waals surface area contributed by atoms with Crippen LogP contribution in [0.2, 0.25) is 0 Å². The van der Waals surface area contributed by atoms with Gasteiger partial charge in [0, 0.05) is 25.0 Å². The van der Waals surface area contributed by atoms with E-state index in [1.165, 1.54) is 0 Å². The van der Waals surface area contributed by atoms with Gasteiger partial charge in [-0.1, -0.05) is 18.2 Å². The number of carbonyl (C=O) groups excluding carboxylic acids is 1. The summed E-state index contributed by atoms with van der Waals surface area (Å²) in [4.78, 5) is 27.2. The van der Waals surface area contributed by atoms with Crippen LogP contribution in [0.5, 0.6) is 0 Å². The molecule has 0 aliphatic carbocycles. The highest BCUT2D eigenvalue weighted by Crippen LogP contribution is 2.23. The Labute approximate surface area is 160 Å². The minimum Gasteiger partial charge on any atom is -0.422 e. The van der Waals surface area contributed by atoms with Crippen LogP contribution in [-0.2, 0) is 4.74 Å². The van der Waals surface area contributed by atoms with Crippen LogP contribution in [-0.4, -0.2) is 43.7 Å². The van der Waals surface area contributed by atoms with Gasteiger partial charge in [-0.2, -0.15) is 11.3 Å². The van der Waals surface area contributed by atoms with Crippen molar-refractivity contribution in [1.29, 1.82) is 0 Å². The average Bonchev–Trinajstić information content (AvgIpc) is 3.23. The Bertz CT molecular complexity index is 977. The third-order valence-corrected chi connectivity index (χ3v) is 5.46. The summed E-state index contributed by atoms with van der Waals surface area (Å²) in [6.07, 6.45) is 0. The Balaban J connectivity index is 1.53. The molecule has 1 aliphatic rings. The van der Waals surface area contributed by atoms with Gasteiger partial charge in [-0.25, -0.2) is 4.79 Å². The lowest BCUT2D eigenvalue weighted by molar-refractivity contribution is 0.0163. The van der Waals surface area contributed by atoms with Crippen molar-refractivity contribution < 1.29 is 13.9 Å². The SMILES string of the molecule is O=C(NC[C@@H](c1ccsc1)N1CCOCC1)c1cc2ccccc2oc1=O. The summed E-state index contributed by atoms with van der Waals surface area (Å²) < 4.78 is 10.7. The first-order valence-electron chi connectivity index (χ1n) is 8.87. The number of para-hydroxylation sites is 1. The number of hydrogen-bond acceptors (Lipinski definition) is 6. The van der Waals surface area contributed by atoms with Gasteiger partial charge in [-0.05, 0) is 34.5 Å². The Morgan fingerprint density at radius 3 is 2.81 bits per heavy atom. The van der Waals surface area contributed by atoms with E-state index in [1.807, 2.05) is 17.5 Å². The van der Waals surface area contributed by atoms with Crippen LogP contribution in [0.25, 0.3) is 11.0 Å². The van der Waals surface area contributed by atoms with Gasteiger partial charge >= 0.3 is 5.63 Å². The third kappa shape index (κ3) is 3.95. The monoisotopic (exact) mass is 384 g/mol. The van der Waals surface area contributed by atoms with Crippen molar-refractivity contribution in [3.63, 3.8) is 0 Å². The van der Waals surface area contributed by atoms with E-state index in [-0.39, 0.29) is 11.6 Å². The second-order valence-electron chi connectivity index (χ2n) is 6.42. The van der Waals surface area contributed by atoms with Gasteiger partial charge in [0.05, 0.1) is 19.3 Å². The number of fused-ring (bicyclic) bond motifs is 1. The summed E-state index contributed by atoms with van der Waals surface area (Å²) in [5.41, 5.74) is 1.04. The second-order valence-corrected chi connectivity index (χ2v) is 7.20. The summed E-state index contributed by atoms with van der Waals surface area (Å²) in [6, 6.07) is 10.9. The molecule has 1 aromatic carbocycles. The van der Waals surface area contributed by atoms with Crippen LogP contribution in [0.3, 0.4) is 0 Å². The lowest BCUT2D eigenvalue weighted by Gasteiger charge is -2.34. The highest BCUT2D eigenvalue weighted by atomic mass is 32.1. The molecule has 0 unspecified atom stereocenters. The fourth-order valence-corrected chi connectivity index (χ4v) is 4.02. The predicted molar refractivity (Wildman–Crippen MR) is 104 cm³/mol. The van der Waals surface area contributed by atoms with Crippen molar-refractivity contribution in [1.82, 2.24) is 10.2 Å². The maximum absolute atomic E-state index is 12.7. The van der Waals surface area contributed by atoms with Crippen molar-refractivity contribution in [3.8, 4) is 0 Å². The Kier molecular flexibility index (Phi) is 5.33. The quantitative estimate of drug-likeness (QED) is 0.685. The van der Waals surface area contributed by atoms with E-state index >= 15 is 0 Å². The Morgan fingerprint density at radius 2 is 2.04 bits per heavy atom. The summed E-state index contributed by atoms with van der Waals surface area (Å²) in [6.45, 7) is 3.41. The number of morpholine rings is 1. The molecule has 1 fully saturated rings. The number of ether oxygens (including phenoxy) is 1. The molecule has 2 aromatic heterocycles. The minimum absolute atomic E-state index is 0.0275. The van der Waals surface area contributed by atoms with E-state index in [4.69, 9.17) is 9.15 Å². The summed E-state index contributed by atoms with van der Waals surface area (Å²) >= 11 is 1.63. The maximum atomic E-state index is 12.7. The first-order valence-corrected chi connectivity index (χ1v) is 9.81. The van der Waals surface area contributed by atoms with Crippen LogP contribution >= 0.6 is 11.3 Å². The number of nitrogens with one attached hydrogen (secondary N) is 1. The van der Waals surface area contributed by atoms with Gasteiger partial charge in [0.15, 0.2) is 0 Å². The molecule has 0 bridgehead atoms. The van der Waals surface area contributed by atoms with E-state index in [9.17, 15) is 9.59 Å². The predicted octanol–water partition coefficient (Wildman–Crippen LogP) is 2.66. The molecule has 140 valence electrons. The highest BCUT2D eigenvalue weighted by molar-refractivity contribution is 7.07. The van der Waals surface area contributed by atoms with Gasteiger partial charge in [0.25, 0.3) is 5.91 Å². The van der Waals surface area contributed by atoms with E-state index < -0.39 is 11.5 Å². The number of hydrogen-bond donors (Lipinski definition) is 1. The zero-order chi connectivity index (χ0) is 18.6. The molecule has 0 radical (unpaired) electrons. The van der Waals surface area contributed by atoms with Crippen molar-refractivity contribution in [3.05, 3.63) is 68.7 Å². The van der Waals surface area contributed by atoms with Crippen molar-refractivity contribution in [2.75, 3.05) is 32.8 Å². The zero-order valence-corrected chi connectivity index (χ0v) is 15.5. The smallest absolute Gasteiger partial charge is 0.349 e. The Hall–Kier alpha value is -2.48. The van der Waals surface area contributed by atoms with Gasteiger partial charge in [-0.3, -0.25) is 9.69 Å². The zero-order valence-electron chi connectivity index (χ0n) is 14.7. The minimum atomic E-state index is -0.621. The molecule has 1 amide bonds. The van der Waals surface area contributed by atoms with Crippen LogP contribution in [0.15, 0.2) is 56.4 Å². The van der Waals surface area contributed by atoms with Crippen molar-refractivity contribution in [2.45, 2.75) is 6.04 Å². The molecule has 4 rings (SSSR count). The molecule has 3 aromatic rings. The summed E-state index contributed by atoms with van der Waals surface area (Å²) in [7, 11) is 0. The highest BCUT2D eigenvalue weighted by Gasteiger charge is 2.24. The first-order chi connectivity index (χ1) is 13.2. The molecule has 27 heavy (non-hydrogen) atoms. The molecule has 1 aliphatic heterocycles. The van der Waals surface area contributed by atoms with E-state index in [1.54, 1.807) is 29.5 Å². The Morgan fingerprint density at radius 1 is 1.22 bits per heavy atom. The molecule has 7 heteroatoms. The second kappa shape index (κ2) is 8.04. The number of rotatable bonds is 5. The van der Waals surface area contributed by atoms with Gasteiger partial charge in [-0.15, -0.1) is 0 Å². The fourth-order valence-electron chi connectivity index (χ4n) is 3.32. The molecule has 1 N–H and O–H groups in total. The summed E-state index contributed by atoms with van der Waals surface area (Å²) in [5.74, 6) is -0.414.